The van der Waals surface area contributed by atoms with Crippen molar-refractivity contribution in [2.75, 3.05) is 19.7 Å². The number of hydrogen-bond donors (Lipinski definition) is 2. The van der Waals surface area contributed by atoms with Gasteiger partial charge in [0, 0.05) is 19.3 Å². The largest absolute Gasteiger partial charge is 0.633 e. The molecular formula is C15H27NO5. The number of aliphatic hydroxyl groups is 2. The van der Waals surface area contributed by atoms with E-state index in [1.165, 1.54) is 6.92 Å². The number of carbonyl (C=O) groups excluding carboxylic acids is 1. The molecule has 0 aliphatic carbocycles. The lowest BCUT2D eigenvalue weighted by molar-refractivity contribution is -0.881. The minimum atomic E-state index is -1.89. The summed E-state index contributed by atoms with van der Waals surface area (Å²) in [6.07, 6.45) is 1.38. The molecule has 0 aromatic rings. The van der Waals surface area contributed by atoms with E-state index in [0.29, 0.717) is 13.1 Å². The molecule has 122 valence electrons. The molecule has 5 atom stereocenters. The molecule has 2 N–H and O–H groups in total. The number of ether oxygens (including phenoxy) is 1. The zero-order valence-corrected chi connectivity index (χ0v) is 13.1. The lowest BCUT2D eigenvalue weighted by Gasteiger charge is -2.40. The molecule has 0 spiro atoms. The van der Waals surface area contributed by atoms with Crippen molar-refractivity contribution >= 4 is 5.97 Å². The Morgan fingerprint density at radius 2 is 2.05 bits per heavy atom. The molecule has 2 aliphatic heterocycles. The fraction of sp³-hybridized carbons (Fsp3) is 0.933. The van der Waals surface area contributed by atoms with Crippen LogP contribution in [0.25, 0.3) is 0 Å². The highest BCUT2D eigenvalue weighted by Gasteiger charge is 2.49. The number of quaternary nitrogens is 1. The summed E-state index contributed by atoms with van der Waals surface area (Å²) in [5, 5.41) is 32.5. The van der Waals surface area contributed by atoms with Gasteiger partial charge in [-0.3, -0.25) is 0 Å². The van der Waals surface area contributed by atoms with Gasteiger partial charge in [0.15, 0.2) is 5.60 Å². The van der Waals surface area contributed by atoms with Crippen molar-refractivity contribution < 1.29 is 24.4 Å². The Labute approximate surface area is 125 Å². The molecule has 21 heavy (non-hydrogen) atoms. The molecule has 0 unspecified atom stereocenters. The second-order valence-electron chi connectivity index (χ2n) is 6.91. The van der Waals surface area contributed by atoms with Crippen LogP contribution in [0.4, 0.5) is 0 Å². The molecule has 0 saturated carbocycles. The molecule has 6 heteroatoms. The van der Waals surface area contributed by atoms with Crippen molar-refractivity contribution in [1.29, 1.82) is 0 Å². The third kappa shape index (κ3) is 2.82. The lowest BCUT2D eigenvalue weighted by atomic mass is 9.85. The van der Waals surface area contributed by atoms with Crippen LogP contribution in [0.3, 0.4) is 0 Å². The van der Waals surface area contributed by atoms with Crippen molar-refractivity contribution in [1.82, 2.24) is 0 Å². The van der Waals surface area contributed by atoms with Crippen LogP contribution in [0.2, 0.25) is 0 Å². The minimum Gasteiger partial charge on any atom is -0.633 e. The summed E-state index contributed by atoms with van der Waals surface area (Å²) >= 11 is 0. The number of fused-ring (bicyclic) bond motifs is 1. The zero-order valence-electron chi connectivity index (χ0n) is 13.1. The zero-order chi connectivity index (χ0) is 15.8. The number of nitrogens with zero attached hydrogens (tertiary/aromatic N) is 1. The number of esters is 1. The van der Waals surface area contributed by atoms with Gasteiger partial charge in [0.25, 0.3) is 0 Å². The Morgan fingerprint density at radius 1 is 1.38 bits per heavy atom. The van der Waals surface area contributed by atoms with E-state index in [2.05, 4.69) is 0 Å². The third-order valence-corrected chi connectivity index (χ3v) is 5.34. The lowest BCUT2D eigenvalue weighted by Crippen LogP contribution is -2.53. The van der Waals surface area contributed by atoms with E-state index in [1.807, 2.05) is 0 Å². The van der Waals surface area contributed by atoms with Crippen molar-refractivity contribution in [3.63, 3.8) is 0 Å². The molecule has 2 saturated heterocycles. The Morgan fingerprint density at radius 3 is 2.62 bits per heavy atom. The topological polar surface area (TPSA) is 89.8 Å². The standard InChI is InChI=1S/C15H27NO5/c1-10(2)15(19,11(3)17)14(18)21-9-12-6-8-16(20)7-4-5-13(12)16/h10-13,17,19H,4-9H2,1-3H3/t11-,12-,13-,15-,16+/m0/s1. The first kappa shape index (κ1) is 16.7. The number of hydroxylamine groups is 3. The highest BCUT2D eigenvalue weighted by Crippen LogP contribution is 2.39. The molecule has 2 rings (SSSR count). The van der Waals surface area contributed by atoms with E-state index in [-0.39, 0.29) is 23.2 Å². The normalized spacial score (nSPS) is 36.3. The minimum absolute atomic E-state index is 0.0245. The maximum atomic E-state index is 12.4. The van der Waals surface area contributed by atoms with Crippen molar-refractivity contribution in [2.24, 2.45) is 11.8 Å². The SMILES string of the molecule is CC(C)[C@@](O)(C(=O)OC[C@@H]1CC[N@+]2([O-])CCC[C@@H]12)[C@H](C)O. The maximum Gasteiger partial charge on any atom is 0.341 e. The van der Waals surface area contributed by atoms with E-state index in [9.17, 15) is 20.2 Å². The Hall–Kier alpha value is -0.690. The molecule has 0 aromatic heterocycles. The number of hydrogen-bond acceptors (Lipinski definition) is 5. The summed E-state index contributed by atoms with van der Waals surface area (Å²) in [6.45, 7) is 6.14. The smallest absolute Gasteiger partial charge is 0.341 e. The predicted octanol–water partition coefficient (Wildman–Crippen LogP) is 0.794. The molecule has 0 radical (unpaired) electrons. The molecule has 0 aromatic carbocycles. The highest BCUT2D eigenvalue weighted by molar-refractivity contribution is 5.80. The van der Waals surface area contributed by atoms with Crippen LogP contribution >= 0.6 is 0 Å². The first-order valence-corrected chi connectivity index (χ1v) is 7.87. The summed E-state index contributed by atoms with van der Waals surface area (Å²) in [4.78, 5) is 12.2. The molecule has 2 heterocycles. The molecule has 2 fully saturated rings. The van der Waals surface area contributed by atoms with Crippen LogP contribution in [0.15, 0.2) is 0 Å². The Balaban J connectivity index is 1.95. The first-order chi connectivity index (χ1) is 9.71. The van der Waals surface area contributed by atoms with E-state index < -0.39 is 23.6 Å². The third-order valence-electron chi connectivity index (χ3n) is 5.34. The van der Waals surface area contributed by atoms with Gasteiger partial charge in [-0.1, -0.05) is 13.8 Å². The molecular weight excluding hydrogens is 274 g/mol. The quantitative estimate of drug-likeness (QED) is 0.445. The van der Waals surface area contributed by atoms with Gasteiger partial charge in [0.1, 0.15) is 6.61 Å². The maximum absolute atomic E-state index is 12.4. The van der Waals surface area contributed by atoms with Gasteiger partial charge in [-0.05, 0) is 12.8 Å². The summed E-state index contributed by atoms with van der Waals surface area (Å²) < 4.78 is 5.12. The summed E-state index contributed by atoms with van der Waals surface area (Å²) in [5.74, 6) is -1.17. The van der Waals surface area contributed by atoms with Crippen LogP contribution in [0.1, 0.15) is 40.0 Å². The Kier molecular flexibility index (Phi) is 4.63. The highest BCUT2D eigenvalue weighted by atomic mass is 16.6. The summed E-state index contributed by atoms with van der Waals surface area (Å²) in [5.41, 5.74) is -1.89. The van der Waals surface area contributed by atoms with Crippen LogP contribution in [0, 0.1) is 17.0 Å². The second kappa shape index (κ2) is 5.83. The fourth-order valence-electron chi connectivity index (χ4n) is 3.82. The van der Waals surface area contributed by atoms with Gasteiger partial charge in [-0.15, -0.1) is 0 Å². The van der Waals surface area contributed by atoms with Gasteiger partial charge in [0.05, 0.1) is 31.2 Å². The first-order valence-electron chi connectivity index (χ1n) is 7.87. The Bertz CT molecular complexity index is 390. The van der Waals surface area contributed by atoms with Crippen molar-refractivity contribution in [3.8, 4) is 0 Å². The van der Waals surface area contributed by atoms with Gasteiger partial charge in [-0.25, -0.2) is 4.79 Å². The van der Waals surface area contributed by atoms with Crippen LogP contribution in [0.5, 0.6) is 0 Å². The van der Waals surface area contributed by atoms with E-state index in [0.717, 1.165) is 19.3 Å². The monoisotopic (exact) mass is 301 g/mol. The van der Waals surface area contributed by atoms with Crippen LogP contribution in [-0.4, -0.2) is 58.3 Å². The molecule has 6 nitrogen and oxygen atoms in total. The van der Waals surface area contributed by atoms with Gasteiger partial charge < -0.3 is 24.8 Å². The number of carbonyl (C=O) groups is 1. The number of aliphatic hydroxyl groups excluding tert-OH is 1. The van der Waals surface area contributed by atoms with Gasteiger partial charge in [0.2, 0.25) is 0 Å². The van der Waals surface area contributed by atoms with Gasteiger partial charge >= 0.3 is 5.97 Å². The van der Waals surface area contributed by atoms with Gasteiger partial charge in [-0.2, -0.15) is 0 Å². The van der Waals surface area contributed by atoms with Crippen LogP contribution in [-0.2, 0) is 9.53 Å². The van der Waals surface area contributed by atoms with Crippen molar-refractivity contribution in [2.45, 2.75) is 57.8 Å². The molecule has 2 aliphatic rings. The van der Waals surface area contributed by atoms with Crippen molar-refractivity contribution in [3.05, 3.63) is 5.21 Å². The number of rotatable bonds is 5. The summed E-state index contributed by atoms with van der Waals surface area (Å²) in [7, 11) is 0. The second-order valence-corrected chi connectivity index (χ2v) is 6.91. The fourth-order valence-corrected chi connectivity index (χ4v) is 3.82. The molecule has 0 bridgehead atoms. The van der Waals surface area contributed by atoms with E-state index in [1.54, 1.807) is 13.8 Å². The average Bonchev–Trinajstić information content (AvgIpc) is 2.91. The van der Waals surface area contributed by atoms with E-state index in [4.69, 9.17) is 4.74 Å². The molecule has 0 amide bonds. The average molecular weight is 301 g/mol. The van der Waals surface area contributed by atoms with E-state index >= 15 is 0 Å². The predicted molar refractivity (Wildman–Crippen MR) is 76.9 cm³/mol. The summed E-state index contributed by atoms with van der Waals surface area (Å²) in [6, 6.07) is 0.0245. The van der Waals surface area contributed by atoms with Crippen LogP contribution < -0.4 is 0 Å².